The maximum atomic E-state index is 9.58. The number of rotatable bonds is 3. The lowest BCUT2D eigenvalue weighted by molar-refractivity contribution is -0.190. The topological polar surface area (TPSA) is 95.9 Å². The molecule has 0 aromatic rings. The molecule has 5 heteroatoms. The van der Waals surface area contributed by atoms with E-state index in [9.17, 15) is 10.2 Å². The van der Waals surface area contributed by atoms with Crippen LogP contribution in [0.2, 0.25) is 0 Å². The highest BCUT2D eigenvalue weighted by molar-refractivity contribution is 4.94. The zero-order valence-electron chi connectivity index (χ0n) is 8.34. The predicted molar refractivity (Wildman–Crippen MR) is 50.6 cm³/mol. The van der Waals surface area contributed by atoms with Crippen molar-refractivity contribution in [1.29, 1.82) is 0 Å². The van der Waals surface area contributed by atoms with E-state index >= 15 is 0 Å². The van der Waals surface area contributed by atoms with Crippen LogP contribution in [0, 0.1) is 0 Å². The molecule has 2 unspecified atom stereocenters. The SMILES string of the molecule is CCC[C@@H]1OC(CO)[C@@H](O)[C@H](O)C1N. The molecule has 84 valence electrons. The summed E-state index contributed by atoms with van der Waals surface area (Å²) in [5.41, 5.74) is 5.70. The molecule has 1 rings (SSSR count). The van der Waals surface area contributed by atoms with Gasteiger partial charge in [-0.25, -0.2) is 0 Å². The summed E-state index contributed by atoms with van der Waals surface area (Å²) in [6.45, 7) is 1.69. The van der Waals surface area contributed by atoms with E-state index in [4.69, 9.17) is 15.6 Å². The molecule has 14 heavy (non-hydrogen) atoms. The molecule has 0 radical (unpaired) electrons. The van der Waals surface area contributed by atoms with Crippen molar-refractivity contribution >= 4 is 0 Å². The Morgan fingerprint density at radius 3 is 2.36 bits per heavy atom. The Morgan fingerprint density at radius 1 is 1.21 bits per heavy atom. The molecule has 0 aromatic carbocycles. The van der Waals surface area contributed by atoms with Crippen molar-refractivity contribution in [3.63, 3.8) is 0 Å². The van der Waals surface area contributed by atoms with E-state index in [-0.39, 0.29) is 12.7 Å². The van der Waals surface area contributed by atoms with E-state index < -0.39 is 24.4 Å². The molecule has 5 nitrogen and oxygen atoms in total. The van der Waals surface area contributed by atoms with Crippen LogP contribution in [-0.2, 0) is 4.74 Å². The van der Waals surface area contributed by atoms with Crippen molar-refractivity contribution in [2.75, 3.05) is 6.61 Å². The number of aliphatic hydroxyl groups excluding tert-OH is 3. The Kier molecular flexibility index (Phi) is 4.28. The van der Waals surface area contributed by atoms with E-state index in [0.29, 0.717) is 0 Å². The van der Waals surface area contributed by atoms with Gasteiger partial charge in [0.05, 0.1) is 18.8 Å². The van der Waals surface area contributed by atoms with Crippen molar-refractivity contribution in [3.8, 4) is 0 Å². The van der Waals surface area contributed by atoms with E-state index in [0.717, 1.165) is 12.8 Å². The largest absolute Gasteiger partial charge is 0.394 e. The molecule has 1 saturated heterocycles. The van der Waals surface area contributed by atoms with Crippen LogP contribution in [0.25, 0.3) is 0 Å². The van der Waals surface area contributed by atoms with Gasteiger partial charge in [-0.2, -0.15) is 0 Å². The fourth-order valence-electron chi connectivity index (χ4n) is 1.76. The Hall–Kier alpha value is -0.200. The molecule has 0 spiro atoms. The van der Waals surface area contributed by atoms with Crippen molar-refractivity contribution in [1.82, 2.24) is 0 Å². The monoisotopic (exact) mass is 205 g/mol. The lowest BCUT2D eigenvalue weighted by atomic mass is 9.91. The Bertz CT molecular complexity index is 174. The molecule has 5 N–H and O–H groups in total. The Labute approximate surface area is 83.5 Å². The number of hydrogen-bond donors (Lipinski definition) is 4. The van der Waals surface area contributed by atoms with Gasteiger partial charge in [0.1, 0.15) is 18.3 Å². The summed E-state index contributed by atoms with van der Waals surface area (Å²) in [6, 6.07) is -0.576. The third-order valence-electron chi connectivity index (χ3n) is 2.66. The number of nitrogens with two attached hydrogens (primary N) is 1. The minimum Gasteiger partial charge on any atom is -0.394 e. The molecule has 0 amide bonds. The second-order valence-electron chi connectivity index (χ2n) is 3.74. The highest BCUT2D eigenvalue weighted by Gasteiger charge is 2.41. The quantitative estimate of drug-likeness (QED) is 0.454. The highest BCUT2D eigenvalue weighted by Crippen LogP contribution is 2.22. The number of hydrogen-bond acceptors (Lipinski definition) is 5. The second-order valence-corrected chi connectivity index (χ2v) is 3.74. The van der Waals surface area contributed by atoms with Crippen molar-refractivity contribution in [2.45, 2.75) is 50.2 Å². The van der Waals surface area contributed by atoms with Crippen LogP contribution in [0.5, 0.6) is 0 Å². The third kappa shape index (κ3) is 2.24. The Balaban J connectivity index is 2.63. The average molecular weight is 205 g/mol. The number of aliphatic hydroxyl groups is 3. The van der Waals surface area contributed by atoms with Gasteiger partial charge in [-0.15, -0.1) is 0 Å². The smallest absolute Gasteiger partial charge is 0.110 e. The molecule has 0 aromatic heterocycles. The van der Waals surface area contributed by atoms with Gasteiger partial charge in [0.25, 0.3) is 0 Å². The van der Waals surface area contributed by atoms with E-state index in [2.05, 4.69) is 0 Å². The summed E-state index contributed by atoms with van der Waals surface area (Å²) in [5.74, 6) is 0. The molecule has 0 aliphatic carbocycles. The standard InChI is InChI=1S/C9H19NO4/c1-2-3-5-7(10)9(13)8(12)6(4-11)14-5/h5-9,11-13H,2-4,10H2,1H3/t5-,6?,7?,8+,9+/m0/s1. The van der Waals surface area contributed by atoms with Gasteiger partial charge in [-0.1, -0.05) is 13.3 Å². The summed E-state index contributed by atoms with van der Waals surface area (Å²) in [4.78, 5) is 0. The van der Waals surface area contributed by atoms with Gasteiger partial charge >= 0.3 is 0 Å². The molecule has 5 atom stereocenters. The first kappa shape index (κ1) is 11.9. The van der Waals surface area contributed by atoms with E-state index in [1.165, 1.54) is 0 Å². The first-order chi connectivity index (χ1) is 6.61. The first-order valence-corrected chi connectivity index (χ1v) is 4.99. The van der Waals surface area contributed by atoms with Crippen LogP contribution in [0.4, 0.5) is 0 Å². The summed E-state index contributed by atoms with van der Waals surface area (Å²) in [6.07, 6.45) is -1.50. The maximum absolute atomic E-state index is 9.58. The zero-order valence-corrected chi connectivity index (χ0v) is 8.34. The molecule has 0 saturated carbocycles. The molecular formula is C9H19NO4. The van der Waals surface area contributed by atoms with Crippen LogP contribution in [-0.4, -0.2) is 52.4 Å². The molecular weight excluding hydrogens is 186 g/mol. The number of ether oxygens (including phenoxy) is 1. The van der Waals surface area contributed by atoms with Crippen molar-refractivity contribution in [3.05, 3.63) is 0 Å². The van der Waals surface area contributed by atoms with Gasteiger partial charge in [0, 0.05) is 0 Å². The summed E-state index contributed by atoms with van der Waals surface area (Å²) < 4.78 is 5.39. The minimum atomic E-state index is -1.09. The van der Waals surface area contributed by atoms with Crippen molar-refractivity contribution in [2.24, 2.45) is 5.73 Å². The molecule has 1 aliphatic rings. The zero-order chi connectivity index (χ0) is 10.7. The summed E-state index contributed by atoms with van der Waals surface area (Å²) >= 11 is 0. The minimum absolute atomic E-state index is 0.282. The van der Waals surface area contributed by atoms with Gasteiger partial charge in [0.2, 0.25) is 0 Å². The Morgan fingerprint density at radius 2 is 1.86 bits per heavy atom. The van der Waals surface area contributed by atoms with E-state index in [1.54, 1.807) is 0 Å². The van der Waals surface area contributed by atoms with Gasteiger partial charge in [0.15, 0.2) is 0 Å². The molecule has 1 heterocycles. The maximum Gasteiger partial charge on any atom is 0.110 e. The molecule has 1 fully saturated rings. The molecule has 1 aliphatic heterocycles. The normalized spacial score (nSPS) is 43.9. The second kappa shape index (κ2) is 5.04. The van der Waals surface area contributed by atoms with Crippen LogP contribution >= 0.6 is 0 Å². The van der Waals surface area contributed by atoms with Crippen LogP contribution in [0.1, 0.15) is 19.8 Å². The van der Waals surface area contributed by atoms with Gasteiger partial charge < -0.3 is 25.8 Å². The summed E-state index contributed by atoms with van der Waals surface area (Å²) in [7, 11) is 0. The van der Waals surface area contributed by atoms with Crippen molar-refractivity contribution < 1.29 is 20.1 Å². The average Bonchev–Trinajstić information content (AvgIpc) is 2.19. The van der Waals surface area contributed by atoms with Crippen LogP contribution < -0.4 is 5.73 Å². The van der Waals surface area contributed by atoms with Gasteiger partial charge in [-0.05, 0) is 6.42 Å². The first-order valence-electron chi connectivity index (χ1n) is 4.99. The van der Waals surface area contributed by atoms with Crippen LogP contribution in [0.3, 0.4) is 0 Å². The fraction of sp³-hybridized carbons (Fsp3) is 1.00. The third-order valence-corrected chi connectivity index (χ3v) is 2.66. The molecule has 0 bridgehead atoms. The predicted octanol–water partition coefficient (Wildman–Crippen LogP) is -1.40. The highest BCUT2D eigenvalue weighted by atomic mass is 16.5. The van der Waals surface area contributed by atoms with Crippen LogP contribution in [0.15, 0.2) is 0 Å². The lowest BCUT2D eigenvalue weighted by Gasteiger charge is -2.40. The lowest BCUT2D eigenvalue weighted by Crippen LogP contribution is -2.61. The summed E-state index contributed by atoms with van der Waals surface area (Å²) in [5, 5.41) is 28.0. The van der Waals surface area contributed by atoms with Gasteiger partial charge in [-0.3, -0.25) is 0 Å². The van der Waals surface area contributed by atoms with E-state index in [1.807, 2.05) is 6.92 Å². The fourth-order valence-corrected chi connectivity index (χ4v) is 1.76.